The van der Waals surface area contributed by atoms with Crippen LogP contribution < -0.4 is 4.74 Å². The van der Waals surface area contributed by atoms with Crippen molar-refractivity contribution >= 4 is 17.7 Å². The van der Waals surface area contributed by atoms with Gasteiger partial charge in [0.1, 0.15) is 17.3 Å². The summed E-state index contributed by atoms with van der Waals surface area (Å²) >= 11 is 0. The Kier molecular flexibility index (Phi) is 8.25. The van der Waals surface area contributed by atoms with Gasteiger partial charge in [-0.25, -0.2) is 0 Å². The van der Waals surface area contributed by atoms with Gasteiger partial charge in [-0.15, -0.1) is 0 Å². The molecule has 2 aromatic rings. The highest BCUT2D eigenvalue weighted by molar-refractivity contribution is 5.90. The third-order valence-electron chi connectivity index (χ3n) is 17.4. The minimum absolute atomic E-state index is 0.0291. The summed E-state index contributed by atoms with van der Waals surface area (Å²) in [5.74, 6) is -1.55. The smallest absolute Gasteiger partial charge is 0.312 e. The molecule has 3 aliphatic heterocycles. The summed E-state index contributed by atoms with van der Waals surface area (Å²) < 4.78 is 30.1. The van der Waals surface area contributed by atoms with Crippen molar-refractivity contribution in [2.45, 2.75) is 109 Å². The Morgan fingerprint density at radius 2 is 1.74 bits per heavy atom. The number of ether oxygens (including phenoxy) is 5. The van der Waals surface area contributed by atoms with Gasteiger partial charge in [-0.05, 0) is 115 Å². The molecule has 308 valence electrons. The molecular weight excluding hydrogens is 737 g/mol. The molecule has 3 heterocycles. The molecule has 2 N–H and O–H groups in total. The van der Waals surface area contributed by atoms with E-state index >= 15 is 4.79 Å². The summed E-state index contributed by atoms with van der Waals surface area (Å²) in [5, 5.41) is 21.3. The Morgan fingerprint density at radius 3 is 2.48 bits per heavy atom. The molecule has 0 amide bonds. The van der Waals surface area contributed by atoms with Crippen molar-refractivity contribution in [2.75, 3.05) is 20.3 Å². The fraction of sp³-hybridized carbons (Fsp3) is 0.604. The number of phenols is 1. The lowest BCUT2D eigenvalue weighted by molar-refractivity contribution is -0.224. The molecule has 1 spiro atoms. The maximum Gasteiger partial charge on any atom is 0.312 e. The number of aryl methyl sites for hydroxylation is 1. The van der Waals surface area contributed by atoms with E-state index in [1.807, 2.05) is 12.1 Å². The van der Waals surface area contributed by atoms with Crippen LogP contribution >= 0.6 is 0 Å². The van der Waals surface area contributed by atoms with Crippen LogP contribution in [-0.2, 0) is 39.8 Å². The van der Waals surface area contributed by atoms with Crippen molar-refractivity contribution in [2.24, 2.45) is 50.7 Å². The zero-order valence-electron chi connectivity index (χ0n) is 34.3. The fourth-order valence-electron chi connectivity index (χ4n) is 14.2. The predicted molar refractivity (Wildman–Crippen MR) is 211 cm³/mol. The number of aromatic hydroxyl groups is 1. The summed E-state index contributed by atoms with van der Waals surface area (Å²) in [6.45, 7) is 9.08. The van der Waals surface area contributed by atoms with E-state index in [1.54, 1.807) is 38.3 Å². The van der Waals surface area contributed by atoms with Crippen LogP contribution in [0.1, 0.15) is 96.3 Å². The maximum atomic E-state index is 15.0. The lowest BCUT2D eigenvalue weighted by Crippen LogP contribution is -2.63. The van der Waals surface area contributed by atoms with Crippen LogP contribution in [0.25, 0.3) is 0 Å². The Balaban J connectivity index is 0.867. The number of carbonyl (C=O) groups excluding carboxylic acids is 3. The molecule has 10 nitrogen and oxygen atoms in total. The van der Waals surface area contributed by atoms with Crippen LogP contribution in [0, 0.1) is 50.7 Å². The van der Waals surface area contributed by atoms with Crippen molar-refractivity contribution in [3.63, 3.8) is 0 Å². The number of ketones is 1. The average molecular weight is 793 g/mol. The molecule has 58 heavy (non-hydrogen) atoms. The molecule has 10 heteroatoms. The van der Waals surface area contributed by atoms with Gasteiger partial charge in [-0.2, -0.15) is 0 Å². The number of hydrogen-bond acceptors (Lipinski definition) is 10. The molecule has 2 unspecified atom stereocenters. The molecule has 0 aromatic heterocycles. The van der Waals surface area contributed by atoms with E-state index < -0.39 is 40.8 Å². The number of fused-ring (bicyclic) bond motifs is 5. The number of aliphatic hydroxyl groups excluding tert-OH is 1. The Hall–Kier alpha value is -3.99. The largest absolute Gasteiger partial charge is 0.508 e. The van der Waals surface area contributed by atoms with Gasteiger partial charge in [0.15, 0.2) is 11.7 Å². The van der Waals surface area contributed by atoms with Gasteiger partial charge >= 0.3 is 11.9 Å². The van der Waals surface area contributed by atoms with Crippen LogP contribution in [0.3, 0.4) is 0 Å². The second-order valence-electron chi connectivity index (χ2n) is 20.0. The quantitative estimate of drug-likeness (QED) is 0.216. The first-order valence-corrected chi connectivity index (χ1v) is 21.3. The minimum atomic E-state index is -1.60. The molecule has 8 aliphatic rings. The van der Waals surface area contributed by atoms with E-state index in [2.05, 4.69) is 51.1 Å². The number of aliphatic hydroxyl groups is 1. The molecule has 6 fully saturated rings. The second kappa shape index (κ2) is 12.5. The topological polar surface area (TPSA) is 138 Å². The van der Waals surface area contributed by atoms with Crippen molar-refractivity contribution in [1.29, 1.82) is 0 Å². The van der Waals surface area contributed by atoms with E-state index in [9.17, 15) is 19.8 Å². The molecule has 10 rings (SSSR count). The van der Waals surface area contributed by atoms with Gasteiger partial charge in [0, 0.05) is 30.1 Å². The first kappa shape index (κ1) is 38.2. The number of hydrogen-bond donors (Lipinski definition) is 2. The Labute approximate surface area is 340 Å². The van der Waals surface area contributed by atoms with E-state index in [1.165, 1.54) is 5.57 Å². The predicted octanol–water partition coefficient (Wildman–Crippen LogP) is 7.36. The number of Topliss-reactive ketones (excluding diaryl/α,β-unsaturated/α-hetero) is 1. The lowest BCUT2D eigenvalue weighted by atomic mass is 9.39. The highest BCUT2D eigenvalue weighted by atomic mass is 16.8. The van der Waals surface area contributed by atoms with Gasteiger partial charge in [0.05, 0.1) is 32.3 Å². The van der Waals surface area contributed by atoms with Crippen LogP contribution in [0.5, 0.6) is 11.5 Å². The standard InChI is InChI=1S/C48H56O10/c1-42-19-16-30-22-35(29-9-13-32(54-5)14-10-29)55-26-43(30,2)37(42)23-38(50)45(4)36(42)18-20-46-25-47(45,46)21-17-34(46)33-24-48(58-40(33)52)41(53)44(3,27-56-48)57-39(51)15-8-28-6-11-31(49)12-7-28/h6-7,9-14,16,18,20,33-37,41,49,53H,8,15,17,19,21-27H2,1-5H3/t33-,34-,35-,36+,37+,41-,42+,43-,44-,45-,46?,47?,48-/m0/s1. The summed E-state index contributed by atoms with van der Waals surface area (Å²) in [5.41, 5.74) is 0.528. The van der Waals surface area contributed by atoms with Crippen molar-refractivity contribution in [3.8, 4) is 11.5 Å². The monoisotopic (exact) mass is 792 g/mol. The maximum absolute atomic E-state index is 15.0. The van der Waals surface area contributed by atoms with Crippen molar-refractivity contribution in [1.82, 2.24) is 0 Å². The SMILES string of the molecule is COc1ccc([C@@H]2CC3=CC[C@@]4(C)[C@@H](CC(=O)[C@]5(C)[C@@H]4C=CC46CC45CC[C@H]6[C@@H]4C[C@]5(OC[C@](C)(OC(=O)CCc6ccc(O)cc6)[C@@H]5O)OC4=O)[C@@]3(C)CO2)cc1. The third-order valence-corrected chi connectivity index (χ3v) is 17.4. The van der Waals surface area contributed by atoms with E-state index in [0.717, 1.165) is 49.0 Å². The lowest BCUT2D eigenvalue weighted by Gasteiger charge is -2.64. The number of phenolic OH excluding ortho intramolecular Hbond substituents is 1. The van der Waals surface area contributed by atoms with E-state index in [-0.39, 0.29) is 70.7 Å². The molecule has 0 radical (unpaired) electrons. The average Bonchev–Trinajstić information content (AvgIpc) is 3.50. The first-order chi connectivity index (χ1) is 27.6. The molecule has 3 saturated carbocycles. The van der Waals surface area contributed by atoms with E-state index in [0.29, 0.717) is 25.2 Å². The number of rotatable bonds is 7. The Bertz CT molecular complexity index is 2130. The zero-order chi connectivity index (χ0) is 40.7. The normalized spacial score (nSPS) is 45.7. The number of allylic oxidation sites excluding steroid dienone is 3. The van der Waals surface area contributed by atoms with Crippen LogP contribution in [0.2, 0.25) is 0 Å². The number of carbonyl (C=O) groups is 3. The van der Waals surface area contributed by atoms with Gasteiger partial charge in [0.25, 0.3) is 0 Å². The first-order valence-electron chi connectivity index (χ1n) is 21.3. The van der Waals surface area contributed by atoms with Crippen molar-refractivity contribution in [3.05, 3.63) is 83.5 Å². The fourth-order valence-corrected chi connectivity index (χ4v) is 14.2. The number of benzene rings is 2. The summed E-state index contributed by atoms with van der Waals surface area (Å²) in [4.78, 5) is 42.0. The summed E-state index contributed by atoms with van der Waals surface area (Å²) in [7, 11) is 1.67. The molecule has 2 aromatic carbocycles. The highest BCUT2D eigenvalue weighted by Gasteiger charge is 2.85. The van der Waals surface area contributed by atoms with Crippen LogP contribution in [-0.4, -0.2) is 65.8 Å². The molecule has 0 bridgehead atoms. The van der Waals surface area contributed by atoms with Gasteiger partial charge in [-0.3, -0.25) is 14.4 Å². The minimum Gasteiger partial charge on any atom is -0.508 e. The molecule has 5 aliphatic carbocycles. The summed E-state index contributed by atoms with van der Waals surface area (Å²) in [6.07, 6.45) is 11.3. The number of esters is 2. The van der Waals surface area contributed by atoms with Crippen LogP contribution in [0.15, 0.2) is 72.3 Å². The van der Waals surface area contributed by atoms with Crippen molar-refractivity contribution < 1.29 is 48.3 Å². The Morgan fingerprint density at radius 1 is 0.983 bits per heavy atom. The van der Waals surface area contributed by atoms with Gasteiger partial charge in [-0.1, -0.05) is 68.8 Å². The van der Waals surface area contributed by atoms with E-state index in [4.69, 9.17) is 23.7 Å². The second-order valence-corrected chi connectivity index (χ2v) is 20.0. The van der Waals surface area contributed by atoms with Crippen LogP contribution in [0.4, 0.5) is 0 Å². The molecule has 13 atom stereocenters. The third kappa shape index (κ3) is 4.97. The number of methoxy groups -OCH3 is 1. The molecule has 3 saturated heterocycles. The summed E-state index contributed by atoms with van der Waals surface area (Å²) in [6, 6.07) is 14.8. The zero-order valence-corrected chi connectivity index (χ0v) is 34.3. The highest BCUT2D eigenvalue weighted by Crippen LogP contribution is 2.89. The van der Waals surface area contributed by atoms with Gasteiger partial charge in [0.2, 0.25) is 5.79 Å². The molecular formula is C48H56O10. The van der Waals surface area contributed by atoms with Gasteiger partial charge < -0.3 is 33.9 Å².